The normalized spacial score (nSPS) is 34.9. The number of nitrogens with two attached hydrogens (primary N) is 1. The van der Waals surface area contributed by atoms with Crippen molar-refractivity contribution in [1.29, 1.82) is 0 Å². The van der Waals surface area contributed by atoms with Gasteiger partial charge >= 0.3 is 7.12 Å². The average molecular weight is 426 g/mol. The molecule has 2 aliphatic heterocycles. The predicted octanol–water partition coefficient (Wildman–Crippen LogP) is 2.37. The standard InChI is InChI=1S/C20H35BN2O3S2/c1-27-20-17(5-8-21(25)26)12-18(28-20)19(24)23-9-6-15(7-10-23)16-4-2-3-14(11-16)13-22/h5,8,14-18,20,25-26H,2-4,6-7,9-13,22H2,1H3/b8-5+. The molecule has 8 heteroatoms. The van der Waals surface area contributed by atoms with Crippen LogP contribution in [0.5, 0.6) is 0 Å². The Morgan fingerprint density at radius 3 is 2.61 bits per heavy atom. The number of thioether (sulfide) groups is 2. The van der Waals surface area contributed by atoms with Crippen LogP contribution in [0.3, 0.4) is 0 Å². The van der Waals surface area contributed by atoms with Gasteiger partial charge in [-0.3, -0.25) is 4.79 Å². The topological polar surface area (TPSA) is 86.8 Å². The summed E-state index contributed by atoms with van der Waals surface area (Å²) >= 11 is 3.50. The molecule has 2 heterocycles. The Balaban J connectivity index is 1.49. The van der Waals surface area contributed by atoms with Crippen molar-refractivity contribution in [3.05, 3.63) is 12.1 Å². The second-order valence-corrected chi connectivity index (χ2v) is 11.2. The van der Waals surface area contributed by atoms with Gasteiger partial charge in [-0.05, 0) is 68.6 Å². The molecule has 0 spiro atoms. The summed E-state index contributed by atoms with van der Waals surface area (Å²) in [5, 5.41) is 18.2. The van der Waals surface area contributed by atoms with Gasteiger partial charge in [-0.1, -0.05) is 24.9 Å². The van der Waals surface area contributed by atoms with Crippen molar-refractivity contribution < 1.29 is 14.8 Å². The van der Waals surface area contributed by atoms with Crippen molar-refractivity contribution >= 4 is 36.5 Å². The molecule has 1 aliphatic carbocycles. The summed E-state index contributed by atoms with van der Waals surface area (Å²) in [5.41, 5.74) is 5.91. The molecule has 4 N–H and O–H groups in total. The second kappa shape index (κ2) is 10.8. The van der Waals surface area contributed by atoms with E-state index in [1.54, 1.807) is 23.5 Å². The fourth-order valence-electron chi connectivity index (χ4n) is 5.25. The Labute approximate surface area is 178 Å². The van der Waals surface area contributed by atoms with Crippen molar-refractivity contribution in [2.45, 2.75) is 54.8 Å². The van der Waals surface area contributed by atoms with E-state index in [0.717, 1.165) is 50.7 Å². The third kappa shape index (κ3) is 5.72. The monoisotopic (exact) mass is 426 g/mol. The predicted molar refractivity (Wildman–Crippen MR) is 120 cm³/mol. The van der Waals surface area contributed by atoms with E-state index in [9.17, 15) is 4.79 Å². The first-order valence-electron chi connectivity index (χ1n) is 10.7. The quantitative estimate of drug-likeness (QED) is 0.566. The van der Waals surface area contributed by atoms with Gasteiger partial charge in [0.25, 0.3) is 0 Å². The molecular formula is C20H35BN2O3S2. The van der Waals surface area contributed by atoms with E-state index in [4.69, 9.17) is 15.8 Å². The molecule has 0 bridgehead atoms. The van der Waals surface area contributed by atoms with E-state index in [1.807, 2.05) is 6.08 Å². The van der Waals surface area contributed by atoms with Gasteiger partial charge in [0.1, 0.15) is 0 Å². The van der Waals surface area contributed by atoms with Gasteiger partial charge in [0.15, 0.2) is 0 Å². The zero-order chi connectivity index (χ0) is 20.1. The number of rotatable bonds is 6. The molecule has 3 rings (SSSR count). The number of amides is 1. The van der Waals surface area contributed by atoms with Crippen LogP contribution in [0.2, 0.25) is 0 Å². The van der Waals surface area contributed by atoms with Gasteiger partial charge in [-0.2, -0.15) is 11.8 Å². The smallest absolute Gasteiger partial charge is 0.424 e. The van der Waals surface area contributed by atoms with Gasteiger partial charge < -0.3 is 20.7 Å². The van der Waals surface area contributed by atoms with Crippen LogP contribution in [0.25, 0.3) is 0 Å². The summed E-state index contributed by atoms with van der Waals surface area (Å²) in [6.07, 6.45) is 12.2. The Morgan fingerprint density at radius 2 is 1.96 bits per heavy atom. The molecular weight excluding hydrogens is 391 g/mol. The third-order valence-electron chi connectivity index (χ3n) is 6.85. The molecule has 5 nitrogen and oxygen atoms in total. The summed E-state index contributed by atoms with van der Waals surface area (Å²) in [6.45, 7) is 2.61. The van der Waals surface area contributed by atoms with Gasteiger partial charge in [0.2, 0.25) is 5.91 Å². The SMILES string of the molecule is CSC1SC(C(=O)N2CCC(C3CCCC(CN)C3)CC2)CC1/C=C/B(O)O. The minimum Gasteiger partial charge on any atom is -0.424 e. The van der Waals surface area contributed by atoms with E-state index >= 15 is 0 Å². The molecule has 3 fully saturated rings. The minimum absolute atomic E-state index is 0.00390. The lowest BCUT2D eigenvalue weighted by Crippen LogP contribution is -2.44. The molecule has 1 amide bonds. The summed E-state index contributed by atoms with van der Waals surface area (Å²) in [7, 11) is -1.42. The molecule has 1 saturated carbocycles. The summed E-state index contributed by atoms with van der Waals surface area (Å²) < 4.78 is 0.303. The number of carbonyl (C=O) groups is 1. The Morgan fingerprint density at radius 1 is 1.21 bits per heavy atom. The van der Waals surface area contributed by atoms with Gasteiger partial charge in [-0.15, -0.1) is 11.8 Å². The fourth-order valence-corrected chi connectivity index (χ4v) is 7.97. The molecule has 0 radical (unpaired) electrons. The lowest BCUT2D eigenvalue weighted by atomic mass is 9.72. The molecule has 0 aromatic carbocycles. The zero-order valence-electron chi connectivity index (χ0n) is 16.9. The van der Waals surface area contributed by atoms with Crippen molar-refractivity contribution in [2.75, 3.05) is 25.9 Å². The minimum atomic E-state index is -1.42. The molecule has 5 unspecified atom stereocenters. The lowest BCUT2D eigenvalue weighted by Gasteiger charge is -2.40. The molecule has 0 aromatic rings. The number of hydrogen-bond acceptors (Lipinski definition) is 6. The number of piperidine rings is 1. The van der Waals surface area contributed by atoms with Crippen LogP contribution in [0.15, 0.2) is 12.1 Å². The summed E-state index contributed by atoms with van der Waals surface area (Å²) in [5.74, 6) is 4.19. The number of hydrogen-bond donors (Lipinski definition) is 3. The summed E-state index contributed by atoms with van der Waals surface area (Å²) in [6, 6.07) is 0. The molecule has 0 aromatic heterocycles. The number of allylic oxidation sites excluding steroid dienone is 1. The van der Waals surface area contributed by atoms with Gasteiger partial charge in [-0.25, -0.2) is 0 Å². The van der Waals surface area contributed by atoms with Crippen molar-refractivity contribution in [3.8, 4) is 0 Å². The molecule has 158 valence electrons. The van der Waals surface area contributed by atoms with Crippen LogP contribution in [-0.2, 0) is 4.79 Å². The molecule has 28 heavy (non-hydrogen) atoms. The molecule has 2 saturated heterocycles. The summed E-state index contributed by atoms with van der Waals surface area (Å²) in [4.78, 5) is 15.2. The van der Waals surface area contributed by atoms with E-state index in [-0.39, 0.29) is 17.1 Å². The highest BCUT2D eigenvalue weighted by molar-refractivity contribution is 8.17. The van der Waals surface area contributed by atoms with Crippen LogP contribution in [0.4, 0.5) is 0 Å². The second-order valence-electron chi connectivity index (χ2n) is 8.62. The maximum atomic E-state index is 13.1. The first-order valence-corrected chi connectivity index (χ1v) is 13.0. The highest BCUT2D eigenvalue weighted by atomic mass is 32.2. The van der Waals surface area contributed by atoms with Crippen LogP contribution in [-0.4, -0.2) is 63.7 Å². The lowest BCUT2D eigenvalue weighted by molar-refractivity contribution is -0.132. The van der Waals surface area contributed by atoms with Crippen LogP contribution >= 0.6 is 23.5 Å². The maximum absolute atomic E-state index is 13.1. The third-order valence-corrected chi connectivity index (χ3v) is 9.91. The number of carbonyl (C=O) groups excluding carboxylic acids is 1. The average Bonchev–Trinajstić information content (AvgIpc) is 3.15. The largest absolute Gasteiger partial charge is 0.480 e. The van der Waals surface area contributed by atoms with Crippen LogP contribution in [0, 0.1) is 23.7 Å². The van der Waals surface area contributed by atoms with E-state index < -0.39 is 7.12 Å². The van der Waals surface area contributed by atoms with Gasteiger partial charge in [0, 0.05) is 13.1 Å². The van der Waals surface area contributed by atoms with E-state index in [2.05, 4.69) is 11.2 Å². The van der Waals surface area contributed by atoms with Gasteiger partial charge in [0.05, 0.1) is 9.83 Å². The Bertz CT molecular complexity index is 544. The first-order chi connectivity index (χ1) is 13.5. The zero-order valence-corrected chi connectivity index (χ0v) is 18.5. The highest BCUT2D eigenvalue weighted by Crippen LogP contribution is 2.45. The Kier molecular flexibility index (Phi) is 8.66. The fraction of sp³-hybridized carbons (Fsp3) is 0.850. The van der Waals surface area contributed by atoms with Crippen LogP contribution in [0.1, 0.15) is 44.9 Å². The highest BCUT2D eigenvalue weighted by Gasteiger charge is 2.40. The van der Waals surface area contributed by atoms with E-state index in [1.165, 1.54) is 31.7 Å². The van der Waals surface area contributed by atoms with Crippen molar-refractivity contribution in [1.82, 2.24) is 4.90 Å². The van der Waals surface area contributed by atoms with Crippen molar-refractivity contribution in [2.24, 2.45) is 29.4 Å². The van der Waals surface area contributed by atoms with Crippen molar-refractivity contribution in [3.63, 3.8) is 0 Å². The Hall–Kier alpha value is -0.145. The van der Waals surface area contributed by atoms with Crippen LogP contribution < -0.4 is 5.73 Å². The number of nitrogens with zero attached hydrogens (tertiary/aromatic N) is 1. The number of likely N-dealkylation sites (tertiary alicyclic amines) is 1. The molecule has 3 aliphatic rings. The first kappa shape index (κ1) is 22.5. The van der Waals surface area contributed by atoms with E-state index in [0.29, 0.717) is 10.5 Å². The maximum Gasteiger partial charge on any atom is 0.480 e. The molecule has 5 atom stereocenters.